The molecule has 3 amide bonds. The molecule has 3 N–H and O–H groups in total. The number of hydrogen-bond acceptors (Lipinski definition) is 5. The van der Waals surface area contributed by atoms with E-state index in [0.717, 1.165) is 5.56 Å². The van der Waals surface area contributed by atoms with Gasteiger partial charge >= 0.3 is 6.09 Å². The van der Waals surface area contributed by atoms with Crippen molar-refractivity contribution in [2.24, 2.45) is 5.92 Å². The molecule has 2 aromatic rings. The smallest absolute Gasteiger partial charge is 0.408 e. The van der Waals surface area contributed by atoms with Crippen molar-refractivity contribution in [1.29, 1.82) is 0 Å². The van der Waals surface area contributed by atoms with E-state index in [1.165, 1.54) is 11.0 Å². The number of phenolic OH excluding ortho intramolecular Hbond substituents is 1. The first-order valence-electron chi connectivity index (χ1n) is 12.2. The molecule has 2 aromatic carbocycles. The van der Waals surface area contributed by atoms with Crippen molar-refractivity contribution in [1.82, 2.24) is 10.2 Å². The van der Waals surface area contributed by atoms with Crippen LogP contribution in [0.1, 0.15) is 65.6 Å². The van der Waals surface area contributed by atoms with Gasteiger partial charge in [-0.2, -0.15) is 0 Å². The molecule has 0 bridgehead atoms. The zero-order valence-electron chi connectivity index (χ0n) is 22.5. The molecule has 2 rings (SSSR count). The third-order valence-corrected chi connectivity index (χ3v) is 5.58. The summed E-state index contributed by atoms with van der Waals surface area (Å²) in [4.78, 5) is 41.7. The van der Waals surface area contributed by atoms with Gasteiger partial charge in [-0.15, -0.1) is 0 Å². The second kappa shape index (κ2) is 11.9. The first-order chi connectivity index (χ1) is 16.7. The number of ether oxygens (including phenoxy) is 1. The molecule has 0 aliphatic rings. The number of anilines is 1. The van der Waals surface area contributed by atoms with E-state index in [-0.39, 0.29) is 17.2 Å². The number of alkyl carbamates (subject to hydrolysis) is 1. The van der Waals surface area contributed by atoms with E-state index >= 15 is 0 Å². The predicted molar refractivity (Wildman–Crippen MR) is 141 cm³/mol. The molecule has 2 atom stereocenters. The number of nitrogens with one attached hydrogen (secondary N) is 2. The monoisotopic (exact) mass is 497 g/mol. The van der Waals surface area contributed by atoms with E-state index in [9.17, 15) is 19.5 Å². The molecule has 0 aliphatic carbocycles. The number of amides is 3. The highest BCUT2D eigenvalue weighted by atomic mass is 16.6. The minimum atomic E-state index is -1.15. The number of rotatable bonds is 8. The molecule has 0 heterocycles. The topological polar surface area (TPSA) is 108 Å². The van der Waals surface area contributed by atoms with E-state index in [1.807, 2.05) is 25.1 Å². The number of phenols is 1. The Morgan fingerprint density at radius 3 is 2.06 bits per heavy atom. The molecule has 0 aromatic heterocycles. The van der Waals surface area contributed by atoms with E-state index in [2.05, 4.69) is 10.6 Å². The van der Waals surface area contributed by atoms with Crippen molar-refractivity contribution >= 4 is 23.6 Å². The number of para-hydroxylation sites is 2. The lowest BCUT2D eigenvalue weighted by Crippen LogP contribution is -2.56. The van der Waals surface area contributed by atoms with Gasteiger partial charge in [-0.05, 0) is 65.2 Å². The third-order valence-electron chi connectivity index (χ3n) is 5.58. The van der Waals surface area contributed by atoms with Gasteiger partial charge in [0.2, 0.25) is 5.91 Å². The van der Waals surface area contributed by atoms with E-state index < -0.39 is 41.6 Å². The summed E-state index contributed by atoms with van der Waals surface area (Å²) < 4.78 is 5.37. The molecular formula is C28H39N3O5. The molecule has 0 radical (unpaired) electrons. The van der Waals surface area contributed by atoms with Gasteiger partial charge in [0, 0.05) is 17.3 Å². The number of carbonyl (C=O) groups excluding carboxylic acids is 3. The summed E-state index contributed by atoms with van der Waals surface area (Å²) in [6.07, 6.45) is -0.721. The number of hydrogen-bond donors (Lipinski definition) is 3. The van der Waals surface area contributed by atoms with Crippen LogP contribution in [0.5, 0.6) is 5.75 Å². The van der Waals surface area contributed by atoms with Gasteiger partial charge in [-0.1, -0.05) is 50.2 Å². The minimum absolute atomic E-state index is 0.109. The van der Waals surface area contributed by atoms with Gasteiger partial charge in [0.25, 0.3) is 5.91 Å². The molecule has 0 saturated heterocycles. The number of carbonyl (C=O) groups is 3. The fraction of sp³-hybridized carbons (Fsp3) is 0.464. The summed E-state index contributed by atoms with van der Waals surface area (Å²) in [6, 6.07) is 11.2. The summed E-state index contributed by atoms with van der Waals surface area (Å²) in [5, 5.41) is 16.3. The van der Waals surface area contributed by atoms with Gasteiger partial charge in [0.1, 0.15) is 23.4 Å². The predicted octanol–water partition coefficient (Wildman–Crippen LogP) is 5.17. The number of aryl methyl sites for hydroxylation is 1. The Morgan fingerprint density at radius 1 is 0.944 bits per heavy atom. The molecule has 196 valence electrons. The van der Waals surface area contributed by atoms with Crippen molar-refractivity contribution < 1.29 is 24.2 Å². The number of nitrogens with zero attached hydrogens (tertiary/aromatic N) is 1. The Kier molecular flexibility index (Phi) is 9.50. The van der Waals surface area contributed by atoms with Gasteiger partial charge in [0.05, 0.1) is 0 Å². The van der Waals surface area contributed by atoms with Crippen LogP contribution in [0.2, 0.25) is 0 Å². The maximum atomic E-state index is 14.0. The molecule has 0 saturated carbocycles. The summed E-state index contributed by atoms with van der Waals surface area (Å²) in [6.45, 7) is 14.3. The van der Waals surface area contributed by atoms with Crippen LogP contribution in [0, 0.1) is 12.8 Å². The lowest BCUT2D eigenvalue weighted by Gasteiger charge is -2.38. The number of benzene rings is 2. The largest absolute Gasteiger partial charge is 0.508 e. The average Bonchev–Trinajstić information content (AvgIpc) is 2.76. The molecule has 0 fully saturated rings. The van der Waals surface area contributed by atoms with Crippen LogP contribution in [0.3, 0.4) is 0 Å². The average molecular weight is 498 g/mol. The fourth-order valence-electron chi connectivity index (χ4n) is 3.84. The summed E-state index contributed by atoms with van der Waals surface area (Å²) >= 11 is 0. The lowest BCUT2D eigenvalue weighted by atomic mass is 9.97. The van der Waals surface area contributed by atoms with E-state index in [4.69, 9.17) is 4.74 Å². The van der Waals surface area contributed by atoms with Gasteiger partial charge < -0.3 is 25.4 Å². The standard InChI is InChI=1S/C28H39N3O5/c1-17(2)23(30-27(35)36-28(6,7)8)26(34)31(18(3)4)24(20-14-10-12-16-22(20)32)25(33)29-21-15-11-9-13-19(21)5/h9-18,23-24,32H,1-8H3,(H,29,33)(H,30,35). The van der Waals surface area contributed by atoms with Crippen molar-refractivity contribution in [3.8, 4) is 5.75 Å². The highest BCUT2D eigenvalue weighted by molar-refractivity contribution is 5.99. The number of aromatic hydroxyl groups is 1. The van der Waals surface area contributed by atoms with Crippen LogP contribution in [0.4, 0.5) is 10.5 Å². The first-order valence-corrected chi connectivity index (χ1v) is 12.2. The van der Waals surface area contributed by atoms with Crippen LogP contribution in [0.15, 0.2) is 48.5 Å². The first kappa shape index (κ1) is 28.7. The second-order valence-electron chi connectivity index (χ2n) is 10.5. The molecule has 0 aliphatic heterocycles. The van der Waals surface area contributed by atoms with Crippen LogP contribution in [0.25, 0.3) is 0 Å². The second-order valence-corrected chi connectivity index (χ2v) is 10.5. The zero-order valence-corrected chi connectivity index (χ0v) is 22.5. The maximum Gasteiger partial charge on any atom is 0.408 e. The Morgan fingerprint density at radius 2 is 1.53 bits per heavy atom. The Labute approximate surface area is 214 Å². The quantitative estimate of drug-likeness (QED) is 0.467. The highest BCUT2D eigenvalue weighted by Crippen LogP contribution is 2.33. The molecule has 2 unspecified atom stereocenters. The Balaban J connectivity index is 2.53. The maximum absolute atomic E-state index is 14.0. The van der Waals surface area contributed by atoms with Gasteiger partial charge in [-0.25, -0.2) is 4.79 Å². The van der Waals surface area contributed by atoms with Crippen molar-refractivity contribution in [2.45, 2.75) is 79.1 Å². The molecule has 0 spiro atoms. The van der Waals surface area contributed by atoms with Crippen LogP contribution in [-0.4, -0.2) is 45.6 Å². The van der Waals surface area contributed by atoms with E-state index in [0.29, 0.717) is 5.69 Å². The van der Waals surface area contributed by atoms with Crippen LogP contribution in [-0.2, 0) is 14.3 Å². The summed E-state index contributed by atoms with van der Waals surface area (Å²) in [5.41, 5.74) is 1.01. The summed E-state index contributed by atoms with van der Waals surface area (Å²) in [5.74, 6) is -1.34. The van der Waals surface area contributed by atoms with Crippen LogP contribution < -0.4 is 10.6 Å². The normalized spacial score (nSPS) is 13.2. The van der Waals surface area contributed by atoms with Gasteiger partial charge in [-0.3, -0.25) is 9.59 Å². The van der Waals surface area contributed by atoms with Crippen molar-refractivity contribution in [3.05, 3.63) is 59.7 Å². The SMILES string of the molecule is Cc1ccccc1NC(=O)C(c1ccccc1O)N(C(=O)C(NC(=O)OC(C)(C)C)C(C)C)C(C)C. The van der Waals surface area contributed by atoms with E-state index in [1.54, 1.807) is 72.7 Å². The van der Waals surface area contributed by atoms with Crippen LogP contribution >= 0.6 is 0 Å². The Bertz CT molecular complexity index is 1070. The zero-order chi connectivity index (χ0) is 27.2. The molecule has 8 nitrogen and oxygen atoms in total. The minimum Gasteiger partial charge on any atom is -0.508 e. The molecule has 36 heavy (non-hydrogen) atoms. The van der Waals surface area contributed by atoms with Gasteiger partial charge in [0.15, 0.2) is 0 Å². The lowest BCUT2D eigenvalue weighted by molar-refractivity contribution is -0.143. The Hall–Kier alpha value is -3.55. The van der Waals surface area contributed by atoms with Crippen molar-refractivity contribution in [3.63, 3.8) is 0 Å². The third kappa shape index (κ3) is 7.47. The molecule has 8 heteroatoms. The highest BCUT2D eigenvalue weighted by Gasteiger charge is 2.40. The fourth-order valence-corrected chi connectivity index (χ4v) is 3.84. The van der Waals surface area contributed by atoms with Crippen molar-refractivity contribution in [2.75, 3.05) is 5.32 Å². The molecular weight excluding hydrogens is 458 g/mol. The summed E-state index contributed by atoms with van der Waals surface area (Å²) in [7, 11) is 0.